The van der Waals surface area contributed by atoms with Gasteiger partial charge in [0.05, 0.1) is 6.21 Å². The lowest BCUT2D eigenvalue weighted by Crippen LogP contribution is -2.16. The van der Waals surface area contributed by atoms with Crippen molar-refractivity contribution >= 4 is 18.1 Å². The van der Waals surface area contributed by atoms with Crippen molar-refractivity contribution in [1.82, 2.24) is 9.99 Å². The highest BCUT2D eigenvalue weighted by atomic mass is 16.5. The molecule has 0 bridgehead atoms. The number of ether oxygens (including phenoxy) is 2. The largest absolute Gasteiger partial charge is 0.486 e. The van der Waals surface area contributed by atoms with Crippen LogP contribution in [0, 0.1) is 13.8 Å². The summed E-state index contributed by atoms with van der Waals surface area (Å²) >= 11 is 0. The zero-order valence-corrected chi connectivity index (χ0v) is 19.8. The first-order valence-electron chi connectivity index (χ1n) is 11.1. The number of carboxylic acid groups (broad SMARTS) is 1. The Hall–Kier alpha value is -4.79. The monoisotopic (exact) mass is 487 g/mol. The van der Waals surface area contributed by atoms with E-state index in [-0.39, 0.29) is 12.4 Å². The van der Waals surface area contributed by atoms with Crippen molar-refractivity contribution in [2.75, 3.05) is 6.61 Å². The molecule has 0 saturated heterocycles. The van der Waals surface area contributed by atoms with E-state index >= 15 is 0 Å². The molecule has 0 unspecified atom stereocenters. The number of aromatic nitrogens is 1. The number of amides is 1. The molecular formula is C27H25N3O6. The molecule has 0 atom stereocenters. The molecule has 1 amide bonds. The third-order valence-electron chi connectivity index (χ3n) is 5.25. The molecular weight excluding hydrogens is 462 g/mol. The van der Waals surface area contributed by atoms with Crippen LogP contribution in [0.1, 0.15) is 33.3 Å². The number of hydrazone groups is 1. The standard InChI is InChI=1S/C27H25N3O6/c1-18-3-4-19(2)30(18)21-7-11-23(12-8-21)34-16-24-13-14-25(36-24)27(33)29-28-15-20-5-9-22(10-6-20)35-17-26(31)32/h3-15H,16-17H2,1-2H3,(H,29,33)(H,31,32). The SMILES string of the molecule is Cc1ccc(C)n1-c1ccc(OCc2ccc(C(=O)NN=Cc3ccc(OCC(=O)O)cc3)o2)cc1. The summed E-state index contributed by atoms with van der Waals surface area (Å²) < 4.78 is 18.6. The summed E-state index contributed by atoms with van der Waals surface area (Å²) in [5.41, 5.74) is 6.47. The lowest BCUT2D eigenvalue weighted by atomic mass is 10.2. The summed E-state index contributed by atoms with van der Waals surface area (Å²) in [6.07, 6.45) is 1.45. The molecule has 2 aromatic carbocycles. The van der Waals surface area contributed by atoms with Gasteiger partial charge in [0.15, 0.2) is 12.4 Å². The second kappa shape index (κ2) is 11.1. The van der Waals surface area contributed by atoms with Gasteiger partial charge in [-0.15, -0.1) is 0 Å². The van der Waals surface area contributed by atoms with Gasteiger partial charge < -0.3 is 23.6 Å². The molecule has 0 aliphatic carbocycles. The quantitative estimate of drug-likeness (QED) is 0.252. The van der Waals surface area contributed by atoms with Crippen molar-refractivity contribution in [2.24, 2.45) is 5.10 Å². The highest BCUT2D eigenvalue weighted by Crippen LogP contribution is 2.21. The Morgan fingerprint density at radius 1 is 0.917 bits per heavy atom. The number of benzene rings is 2. The predicted molar refractivity (Wildman–Crippen MR) is 133 cm³/mol. The molecule has 0 saturated carbocycles. The molecule has 36 heavy (non-hydrogen) atoms. The Bertz CT molecular complexity index is 1350. The number of aliphatic carboxylic acids is 1. The minimum atomic E-state index is -1.05. The highest BCUT2D eigenvalue weighted by Gasteiger charge is 2.11. The van der Waals surface area contributed by atoms with Crippen LogP contribution in [0.25, 0.3) is 5.69 Å². The summed E-state index contributed by atoms with van der Waals surface area (Å²) in [6, 6.07) is 21.7. The van der Waals surface area contributed by atoms with E-state index in [0.29, 0.717) is 22.8 Å². The van der Waals surface area contributed by atoms with Gasteiger partial charge >= 0.3 is 11.9 Å². The van der Waals surface area contributed by atoms with Gasteiger partial charge in [0, 0.05) is 17.1 Å². The molecule has 0 aliphatic rings. The number of hydrogen-bond acceptors (Lipinski definition) is 6. The van der Waals surface area contributed by atoms with Crippen molar-refractivity contribution in [3.8, 4) is 17.2 Å². The fraction of sp³-hybridized carbons (Fsp3) is 0.148. The number of nitrogens with one attached hydrogen (secondary N) is 1. The summed E-state index contributed by atoms with van der Waals surface area (Å²) in [4.78, 5) is 22.8. The molecule has 4 aromatic rings. The third-order valence-corrected chi connectivity index (χ3v) is 5.25. The maximum atomic E-state index is 12.3. The molecule has 2 N–H and O–H groups in total. The van der Waals surface area contributed by atoms with Crippen molar-refractivity contribution in [3.05, 3.63) is 101 Å². The number of carbonyl (C=O) groups is 2. The molecule has 2 aromatic heterocycles. The minimum absolute atomic E-state index is 0.108. The highest BCUT2D eigenvalue weighted by molar-refractivity contribution is 5.92. The van der Waals surface area contributed by atoms with Gasteiger partial charge in [0.25, 0.3) is 0 Å². The fourth-order valence-corrected chi connectivity index (χ4v) is 3.51. The second-order valence-corrected chi connectivity index (χ2v) is 7.95. The lowest BCUT2D eigenvalue weighted by Gasteiger charge is -2.10. The van der Waals surface area contributed by atoms with E-state index < -0.39 is 18.5 Å². The van der Waals surface area contributed by atoms with Gasteiger partial charge in [-0.2, -0.15) is 5.10 Å². The first-order valence-corrected chi connectivity index (χ1v) is 11.1. The molecule has 0 aliphatic heterocycles. The third kappa shape index (κ3) is 6.20. The minimum Gasteiger partial charge on any atom is -0.486 e. The predicted octanol–water partition coefficient (Wildman–Crippen LogP) is 4.49. The van der Waals surface area contributed by atoms with E-state index in [0.717, 1.165) is 17.1 Å². The van der Waals surface area contributed by atoms with Crippen LogP contribution < -0.4 is 14.9 Å². The number of furan rings is 1. The van der Waals surface area contributed by atoms with Crippen molar-refractivity contribution in [2.45, 2.75) is 20.5 Å². The van der Waals surface area contributed by atoms with Crippen LogP contribution in [0.2, 0.25) is 0 Å². The molecule has 184 valence electrons. The van der Waals surface area contributed by atoms with Gasteiger partial charge in [-0.05, 0) is 92.2 Å². The Morgan fingerprint density at radius 3 is 2.22 bits per heavy atom. The van der Waals surface area contributed by atoms with Gasteiger partial charge in [-0.1, -0.05) is 0 Å². The van der Waals surface area contributed by atoms with Gasteiger partial charge in [-0.3, -0.25) is 4.79 Å². The molecule has 9 nitrogen and oxygen atoms in total. The molecule has 0 spiro atoms. The summed E-state index contributed by atoms with van der Waals surface area (Å²) in [5, 5.41) is 12.5. The van der Waals surface area contributed by atoms with E-state index in [1.165, 1.54) is 6.21 Å². The smallest absolute Gasteiger partial charge is 0.341 e. The summed E-state index contributed by atoms with van der Waals surface area (Å²) in [7, 11) is 0. The van der Waals surface area contributed by atoms with E-state index in [2.05, 4.69) is 41.1 Å². The molecule has 2 heterocycles. The fourth-order valence-electron chi connectivity index (χ4n) is 3.51. The Balaban J connectivity index is 1.26. The van der Waals surface area contributed by atoms with Crippen molar-refractivity contribution in [3.63, 3.8) is 0 Å². The molecule has 4 rings (SSSR count). The zero-order chi connectivity index (χ0) is 25.5. The average Bonchev–Trinajstić information content (AvgIpc) is 3.49. The van der Waals surface area contributed by atoms with Crippen LogP contribution in [-0.4, -0.2) is 34.4 Å². The second-order valence-electron chi connectivity index (χ2n) is 7.95. The first-order chi connectivity index (χ1) is 17.4. The maximum absolute atomic E-state index is 12.3. The molecule has 0 fully saturated rings. The number of rotatable bonds is 10. The number of hydrogen-bond donors (Lipinski definition) is 2. The van der Waals surface area contributed by atoms with E-state index in [4.69, 9.17) is 19.0 Å². The van der Waals surface area contributed by atoms with Crippen LogP contribution >= 0.6 is 0 Å². The lowest BCUT2D eigenvalue weighted by molar-refractivity contribution is -0.139. The van der Waals surface area contributed by atoms with Crippen LogP contribution in [0.3, 0.4) is 0 Å². The van der Waals surface area contributed by atoms with Crippen molar-refractivity contribution < 1.29 is 28.6 Å². The maximum Gasteiger partial charge on any atom is 0.341 e. The van der Waals surface area contributed by atoms with E-state index in [1.54, 1.807) is 36.4 Å². The summed E-state index contributed by atoms with van der Waals surface area (Å²) in [6.45, 7) is 3.88. The van der Waals surface area contributed by atoms with E-state index in [9.17, 15) is 9.59 Å². The Kier molecular flexibility index (Phi) is 7.50. The number of aryl methyl sites for hydroxylation is 2. The molecule has 0 radical (unpaired) electrons. The number of carbonyl (C=O) groups excluding carboxylic acids is 1. The van der Waals surface area contributed by atoms with Gasteiger partial charge in [-0.25, -0.2) is 10.2 Å². The van der Waals surface area contributed by atoms with Gasteiger partial charge in [0.1, 0.15) is 23.9 Å². The van der Waals surface area contributed by atoms with E-state index in [1.807, 2.05) is 24.3 Å². The number of carboxylic acids is 1. The molecule has 9 heteroatoms. The van der Waals surface area contributed by atoms with Crippen LogP contribution in [0.4, 0.5) is 0 Å². The van der Waals surface area contributed by atoms with Crippen LogP contribution in [0.15, 0.2) is 82.3 Å². The Labute approximate surface area is 207 Å². The Morgan fingerprint density at radius 2 is 1.56 bits per heavy atom. The number of nitrogens with zero attached hydrogens (tertiary/aromatic N) is 2. The topological polar surface area (TPSA) is 115 Å². The average molecular weight is 488 g/mol. The van der Waals surface area contributed by atoms with Gasteiger partial charge in [0.2, 0.25) is 0 Å². The summed E-state index contributed by atoms with van der Waals surface area (Å²) in [5.74, 6) is 0.169. The normalized spacial score (nSPS) is 10.9. The van der Waals surface area contributed by atoms with Crippen LogP contribution in [-0.2, 0) is 11.4 Å². The zero-order valence-electron chi connectivity index (χ0n) is 19.8. The van der Waals surface area contributed by atoms with Crippen LogP contribution in [0.5, 0.6) is 11.5 Å². The first kappa shape index (κ1) is 24.3. The van der Waals surface area contributed by atoms with Crippen molar-refractivity contribution in [1.29, 1.82) is 0 Å².